The maximum absolute atomic E-state index is 11.2. The first-order chi connectivity index (χ1) is 8.32. The maximum Gasteiger partial charge on any atom is 0.308 e. The first kappa shape index (κ1) is 16.3. The minimum absolute atomic E-state index is 0.0689. The van der Waals surface area contributed by atoms with Gasteiger partial charge in [0.25, 0.3) is 5.91 Å². The molecule has 1 amide bonds. The van der Waals surface area contributed by atoms with Gasteiger partial charge >= 0.3 is 5.97 Å². The van der Waals surface area contributed by atoms with Crippen LogP contribution < -0.4 is 5.32 Å². The second-order valence-corrected chi connectivity index (χ2v) is 4.28. The van der Waals surface area contributed by atoms with Gasteiger partial charge in [-0.1, -0.05) is 13.8 Å². The van der Waals surface area contributed by atoms with Gasteiger partial charge in [0.2, 0.25) is 0 Å². The predicted octanol–water partition coefficient (Wildman–Crippen LogP) is 0.240. The molecule has 0 saturated carbocycles. The Hall–Kier alpha value is -1.72. The average Bonchev–Trinajstić information content (AvgIpc) is 2.30. The predicted molar refractivity (Wildman–Crippen MR) is 63.7 cm³/mol. The largest absolute Gasteiger partial charge is 0.455 e. The molecule has 0 heterocycles. The van der Waals surface area contributed by atoms with Gasteiger partial charge in [-0.25, -0.2) is 0 Å². The third-order valence-corrected chi connectivity index (χ3v) is 2.06. The summed E-state index contributed by atoms with van der Waals surface area (Å²) in [5.41, 5.74) is 0. The van der Waals surface area contributed by atoms with E-state index in [9.17, 15) is 19.2 Å². The normalized spacial score (nSPS) is 10.0. The van der Waals surface area contributed by atoms with Gasteiger partial charge in [-0.05, 0) is 6.92 Å². The number of hydrogen-bond donors (Lipinski definition) is 1. The summed E-state index contributed by atoms with van der Waals surface area (Å²) in [6, 6.07) is 0. The summed E-state index contributed by atoms with van der Waals surface area (Å²) in [4.78, 5) is 44.1. The molecule has 0 spiro atoms. The van der Waals surface area contributed by atoms with Crippen LogP contribution in [0.2, 0.25) is 0 Å². The standard InChI is InChI=1S/C12H19NO5/c1-8(2)12(17)18-7-11(16)13-6-10(15)5-4-9(3)14/h8H,4-7H2,1-3H3,(H,13,16). The zero-order chi connectivity index (χ0) is 14.1. The van der Waals surface area contributed by atoms with E-state index in [0.717, 1.165) is 0 Å². The molecule has 6 heteroatoms. The molecule has 0 bridgehead atoms. The smallest absolute Gasteiger partial charge is 0.308 e. The van der Waals surface area contributed by atoms with E-state index in [1.807, 2.05) is 0 Å². The third-order valence-electron chi connectivity index (χ3n) is 2.06. The molecule has 102 valence electrons. The SMILES string of the molecule is CC(=O)CCC(=O)CNC(=O)COC(=O)C(C)C. The molecule has 0 radical (unpaired) electrons. The lowest BCUT2D eigenvalue weighted by atomic mass is 10.2. The average molecular weight is 257 g/mol. The van der Waals surface area contributed by atoms with Crippen molar-refractivity contribution < 1.29 is 23.9 Å². The molecule has 18 heavy (non-hydrogen) atoms. The van der Waals surface area contributed by atoms with Crippen LogP contribution in [0.1, 0.15) is 33.6 Å². The molecule has 0 unspecified atom stereocenters. The van der Waals surface area contributed by atoms with Crippen LogP contribution in [-0.4, -0.2) is 36.6 Å². The van der Waals surface area contributed by atoms with Crippen LogP contribution in [-0.2, 0) is 23.9 Å². The van der Waals surface area contributed by atoms with E-state index in [1.165, 1.54) is 6.92 Å². The van der Waals surface area contributed by atoms with Crippen molar-refractivity contribution in [3.63, 3.8) is 0 Å². The van der Waals surface area contributed by atoms with E-state index in [2.05, 4.69) is 10.1 Å². The lowest BCUT2D eigenvalue weighted by Gasteiger charge is -2.07. The van der Waals surface area contributed by atoms with Gasteiger partial charge in [-0.15, -0.1) is 0 Å². The Morgan fingerprint density at radius 1 is 1.11 bits per heavy atom. The van der Waals surface area contributed by atoms with Crippen LogP contribution in [0.15, 0.2) is 0 Å². The van der Waals surface area contributed by atoms with E-state index in [-0.39, 0.29) is 36.9 Å². The number of esters is 1. The molecule has 6 nitrogen and oxygen atoms in total. The van der Waals surface area contributed by atoms with Gasteiger partial charge in [-0.2, -0.15) is 0 Å². The number of Topliss-reactive ketones (excluding diaryl/α,β-unsaturated/α-hetero) is 2. The number of rotatable bonds is 8. The van der Waals surface area contributed by atoms with Crippen molar-refractivity contribution in [2.24, 2.45) is 5.92 Å². The topological polar surface area (TPSA) is 89.5 Å². The molecule has 0 aromatic rings. The number of carbonyl (C=O) groups excluding carboxylic acids is 4. The Morgan fingerprint density at radius 2 is 1.72 bits per heavy atom. The van der Waals surface area contributed by atoms with E-state index in [4.69, 9.17) is 0 Å². The van der Waals surface area contributed by atoms with Crippen molar-refractivity contribution in [3.8, 4) is 0 Å². The van der Waals surface area contributed by atoms with E-state index < -0.39 is 18.5 Å². The zero-order valence-corrected chi connectivity index (χ0v) is 10.9. The second-order valence-electron chi connectivity index (χ2n) is 4.28. The molecule has 0 aliphatic rings. The fourth-order valence-corrected chi connectivity index (χ4v) is 0.955. The summed E-state index contributed by atoms with van der Waals surface area (Å²) in [6.07, 6.45) is 0.290. The van der Waals surface area contributed by atoms with Crippen molar-refractivity contribution >= 4 is 23.4 Å². The molecule has 0 rings (SSSR count). The highest BCUT2D eigenvalue weighted by molar-refractivity contribution is 5.89. The Bertz CT molecular complexity index is 335. The highest BCUT2D eigenvalue weighted by Gasteiger charge is 2.12. The fraction of sp³-hybridized carbons (Fsp3) is 0.667. The lowest BCUT2D eigenvalue weighted by molar-refractivity contribution is -0.151. The highest BCUT2D eigenvalue weighted by atomic mass is 16.5. The third kappa shape index (κ3) is 8.43. The number of nitrogens with one attached hydrogen (secondary N) is 1. The summed E-state index contributed by atoms with van der Waals surface area (Å²) in [5, 5.41) is 2.32. The highest BCUT2D eigenvalue weighted by Crippen LogP contribution is 1.95. The quantitative estimate of drug-likeness (QED) is 0.629. The Labute approximate surface area is 106 Å². The Kier molecular flexibility index (Phi) is 7.58. The number of hydrogen-bond acceptors (Lipinski definition) is 5. The minimum atomic E-state index is -0.528. The Morgan fingerprint density at radius 3 is 2.22 bits per heavy atom. The van der Waals surface area contributed by atoms with Crippen LogP contribution in [0.25, 0.3) is 0 Å². The van der Waals surface area contributed by atoms with Crippen LogP contribution >= 0.6 is 0 Å². The summed E-state index contributed by atoms with van der Waals surface area (Å²) in [6.45, 7) is 4.18. The summed E-state index contributed by atoms with van der Waals surface area (Å²) in [7, 11) is 0. The molecule has 0 aromatic heterocycles. The monoisotopic (exact) mass is 257 g/mol. The number of carbonyl (C=O) groups is 4. The lowest BCUT2D eigenvalue weighted by Crippen LogP contribution is -2.33. The van der Waals surface area contributed by atoms with Crippen molar-refractivity contribution in [1.29, 1.82) is 0 Å². The van der Waals surface area contributed by atoms with Gasteiger partial charge in [0.15, 0.2) is 12.4 Å². The first-order valence-corrected chi connectivity index (χ1v) is 5.77. The summed E-state index contributed by atoms with van der Waals surface area (Å²) >= 11 is 0. The van der Waals surface area contributed by atoms with Crippen LogP contribution in [0, 0.1) is 5.92 Å². The number of ether oxygens (including phenoxy) is 1. The van der Waals surface area contributed by atoms with Crippen molar-refractivity contribution in [2.45, 2.75) is 33.6 Å². The molecular weight excluding hydrogens is 238 g/mol. The molecule has 1 N–H and O–H groups in total. The maximum atomic E-state index is 11.2. The van der Waals surface area contributed by atoms with Gasteiger partial charge in [0, 0.05) is 12.8 Å². The van der Waals surface area contributed by atoms with Crippen molar-refractivity contribution in [2.75, 3.05) is 13.2 Å². The van der Waals surface area contributed by atoms with Gasteiger partial charge in [0.1, 0.15) is 5.78 Å². The van der Waals surface area contributed by atoms with E-state index in [1.54, 1.807) is 13.8 Å². The summed E-state index contributed by atoms with van der Waals surface area (Å²) in [5.74, 6) is -1.59. The second kappa shape index (κ2) is 8.38. The van der Waals surface area contributed by atoms with Crippen molar-refractivity contribution in [3.05, 3.63) is 0 Å². The molecule has 0 fully saturated rings. The molecule has 0 saturated heterocycles. The molecular formula is C12H19NO5. The zero-order valence-electron chi connectivity index (χ0n) is 10.9. The van der Waals surface area contributed by atoms with Crippen LogP contribution in [0.4, 0.5) is 0 Å². The molecule has 0 aliphatic carbocycles. The van der Waals surface area contributed by atoms with Gasteiger partial charge in [-0.3, -0.25) is 14.4 Å². The van der Waals surface area contributed by atoms with E-state index >= 15 is 0 Å². The van der Waals surface area contributed by atoms with Crippen LogP contribution in [0.5, 0.6) is 0 Å². The minimum Gasteiger partial charge on any atom is -0.455 e. The van der Waals surface area contributed by atoms with Gasteiger partial charge < -0.3 is 14.8 Å². The van der Waals surface area contributed by atoms with Crippen LogP contribution in [0.3, 0.4) is 0 Å². The number of ketones is 2. The fourth-order valence-electron chi connectivity index (χ4n) is 0.955. The molecule has 0 aliphatic heterocycles. The molecule has 0 aromatic carbocycles. The molecule has 0 atom stereocenters. The Balaban J connectivity index is 3.73. The van der Waals surface area contributed by atoms with Crippen molar-refractivity contribution in [1.82, 2.24) is 5.32 Å². The summed E-state index contributed by atoms with van der Waals surface area (Å²) < 4.78 is 4.68. The van der Waals surface area contributed by atoms with E-state index in [0.29, 0.717) is 0 Å². The first-order valence-electron chi connectivity index (χ1n) is 5.77. The van der Waals surface area contributed by atoms with Gasteiger partial charge in [0.05, 0.1) is 12.5 Å². The number of amides is 1.